The number of dihydropyridines is 2. The first-order chi connectivity index (χ1) is 13.4. The number of allylic oxidation sites excluding steroid dienone is 6. The van der Waals surface area contributed by atoms with Crippen molar-refractivity contribution in [2.45, 2.75) is 24.9 Å². The van der Waals surface area contributed by atoms with Crippen LogP contribution in [0.1, 0.15) is 12.8 Å². The van der Waals surface area contributed by atoms with Crippen molar-refractivity contribution >= 4 is 23.5 Å². The Bertz CT molecular complexity index is 863. The number of hydrogen-bond donors (Lipinski definition) is 4. The normalized spacial score (nSPS) is 23.7. The van der Waals surface area contributed by atoms with Gasteiger partial charge in [-0.1, -0.05) is 24.3 Å². The Morgan fingerprint density at radius 3 is 1.48 bits per heavy atom. The molecule has 0 spiro atoms. The number of rotatable bonds is 2. The molecule has 2 unspecified atom stereocenters. The number of carbonyl (C=O) groups excluding carboxylic acids is 2. The molecule has 2 aliphatic carbocycles. The maximum absolute atomic E-state index is 11.4. The average Bonchev–Trinajstić information content (AvgIpc) is 2.68. The molecule has 0 aromatic heterocycles. The fraction of sp³-hybridized carbons (Fsp3) is 0.200. The van der Waals surface area contributed by atoms with E-state index in [1.165, 1.54) is 24.3 Å². The first-order valence-electron chi connectivity index (χ1n) is 8.58. The van der Waals surface area contributed by atoms with Gasteiger partial charge in [-0.15, -0.1) is 0 Å². The predicted octanol–water partition coefficient (Wildman–Crippen LogP) is 0.762. The van der Waals surface area contributed by atoms with E-state index in [0.29, 0.717) is 12.8 Å². The van der Waals surface area contributed by atoms with E-state index in [-0.39, 0.29) is 44.7 Å². The Balaban J connectivity index is 0.000000200. The van der Waals surface area contributed by atoms with Gasteiger partial charge in [-0.2, -0.15) is 0 Å². The van der Waals surface area contributed by atoms with Gasteiger partial charge in [0.15, 0.2) is 11.6 Å². The molecular formula is C20H18N2O6Ti. The van der Waals surface area contributed by atoms with Gasteiger partial charge in [0.05, 0.1) is 0 Å². The van der Waals surface area contributed by atoms with Gasteiger partial charge in [0, 0.05) is 21.7 Å². The number of fused-ring (bicyclic) bond motifs is 2. The Labute approximate surface area is 181 Å². The molecule has 29 heavy (non-hydrogen) atoms. The van der Waals surface area contributed by atoms with Crippen LogP contribution in [0, 0.1) is 0 Å². The van der Waals surface area contributed by atoms with Crippen molar-refractivity contribution in [3.8, 4) is 0 Å². The monoisotopic (exact) mass is 430 g/mol. The molecule has 148 valence electrons. The molecule has 0 saturated heterocycles. The largest absolute Gasteiger partial charge is 0.477 e. The number of aliphatic carboxylic acids is 2. The molecule has 0 aromatic carbocycles. The fourth-order valence-electron chi connectivity index (χ4n) is 3.13. The molecule has 0 saturated carbocycles. The van der Waals surface area contributed by atoms with Crippen molar-refractivity contribution < 1.29 is 51.1 Å². The van der Waals surface area contributed by atoms with Crippen LogP contribution in [0.5, 0.6) is 0 Å². The smallest absolute Gasteiger partial charge is 0.351 e. The van der Waals surface area contributed by atoms with Gasteiger partial charge in [-0.25, -0.2) is 9.59 Å². The molecule has 0 aromatic rings. The van der Waals surface area contributed by atoms with Gasteiger partial charge in [0.25, 0.3) is 0 Å². The van der Waals surface area contributed by atoms with Gasteiger partial charge in [0.2, 0.25) is 0 Å². The molecule has 0 amide bonds. The molecule has 8 nitrogen and oxygen atoms in total. The molecule has 9 heteroatoms. The van der Waals surface area contributed by atoms with E-state index in [1.807, 2.05) is 0 Å². The molecule has 0 bridgehead atoms. The summed E-state index contributed by atoms with van der Waals surface area (Å²) in [7, 11) is 0. The van der Waals surface area contributed by atoms with E-state index in [2.05, 4.69) is 10.6 Å². The number of carboxylic acids is 2. The SMILES string of the molecule is O=C(O)C1=CC=C2CC=CC(=O)C2N1.O=C(O)C1=CC=C2CC=CC(=O)C2N1.[Ti]. The van der Waals surface area contributed by atoms with Crippen molar-refractivity contribution in [2.75, 3.05) is 0 Å². The van der Waals surface area contributed by atoms with Gasteiger partial charge < -0.3 is 20.8 Å². The van der Waals surface area contributed by atoms with Crippen molar-refractivity contribution in [1.82, 2.24) is 10.6 Å². The number of carbonyl (C=O) groups is 4. The van der Waals surface area contributed by atoms with Crippen LogP contribution in [0.4, 0.5) is 0 Å². The standard InChI is InChI=1S/2C10H9NO3.Ti/c2*12-8-3-1-2-6-4-5-7(10(13)14)11-9(6)8;/h2*1,3-5,9,11H,2H2,(H,13,14);. The van der Waals surface area contributed by atoms with Crippen LogP contribution >= 0.6 is 0 Å². The molecule has 0 radical (unpaired) electrons. The van der Waals surface area contributed by atoms with E-state index in [9.17, 15) is 19.2 Å². The van der Waals surface area contributed by atoms with Gasteiger partial charge in [-0.3, -0.25) is 9.59 Å². The van der Waals surface area contributed by atoms with E-state index >= 15 is 0 Å². The molecule has 4 N–H and O–H groups in total. The maximum atomic E-state index is 11.4. The third-order valence-electron chi connectivity index (χ3n) is 4.57. The van der Waals surface area contributed by atoms with Crippen molar-refractivity contribution in [3.63, 3.8) is 0 Å². The summed E-state index contributed by atoms with van der Waals surface area (Å²) in [5.74, 6) is -2.26. The zero-order valence-electron chi connectivity index (χ0n) is 15.2. The summed E-state index contributed by atoms with van der Waals surface area (Å²) in [5, 5.41) is 22.8. The summed E-state index contributed by atoms with van der Waals surface area (Å²) < 4.78 is 0. The van der Waals surface area contributed by atoms with Crippen LogP contribution in [0.3, 0.4) is 0 Å². The average molecular weight is 430 g/mol. The summed E-state index contributed by atoms with van der Waals surface area (Å²) in [6.45, 7) is 0. The second kappa shape index (κ2) is 9.49. The molecule has 2 aliphatic heterocycles. The zero-order valence-corrected chi connectivity index (χ0v) is 16.8. The van der Waals surface area contributed by atoms with Crippen LogP contribution in [0.15, 0.2) is 71.1 Å². The quantitative estimate of drug-likeness (QED) is 0.472. The first kappa shape index (κ1) is 22.3. The van der Waals surface area contributed by atoms with E-state index < -0.39 is 24.0 Å². The van der Waals surface area contributed by atoms with Gasteiger partial charge in [0.1, 0.15) is 23.5 Å². The Morgan fingerprint density at radius 1 is 0.759 bits per heavy atom. The Morgan fingerprint density at radius 2 is 1.14 bits per heavy atom. The molecule has 2 heterocycles. The topological polar surface area (TPSA) is 133 Å². The molecule has 4 aliphatic rings. The summed E-state index contributed by atoms with van der Waals surface area (Å²) in [6.07, 6.45) is 14.3. The molecule has 2 atom stereocenters. The third kappa shape index (κ3) is 5.10. The summed E-state index contributed by atoms with van der Waals surface area (Å²) in [5.41, 5.74) is 1.98. The van der Waals surface area contributed by atoms with Crippen molar-refractivity contribution in [3.05, 3.63) is 71.1 Å². The zero-order chi connectivity index (χ0) is 20.3. The predicted molar refractivity (Wildman–Crippen MR) is 99.0 cm³/mol. The number of ketones is 2. The van der Waals surface area contributed by atoms with Crippen LogP contribution in [-0.2, 0) is 40.9 Å². The minimum Gasteiger partial charge on any atom is -0.477 e. The van der Waals surface area contributed by atoms with E-state index in [4.69, 9.17) is 10.2 Å². The van der Waals surface area contributed by atoms with Crippen molar-refractivity contribution in [2.24, 2.45) is 0 Å². The van der Waals surface area contributed by atoms with Crippen LogP contribution in [0.2, 0.25) is 0 Å². The molecule has 0 fully saturated rings. The molecule has 4 rings (SSSR count). The van der Waals surface area contributed by atoms with Gasteiger partial charge >= 0.3 is 11.9 Å². The number of hydrogen-bond acceptors (Lipinski definition) is 6. The summed E-state index contributed by atoms with van der Waals surface area (Å²) in [4.78, 5) is 44.1. The van der Waals surface area contributed by atoms with Crippen LogP contribution in [-0.4, -0.2) is 45.8 Å². The fourth-order valence-corrected chi connectivity index (χ4v) is 3.13. The van der Waals surface area contributed by atoms with Crippen LogP contribution < -0.4 is 10.6 Å². The molecular weight excluding hydrogens is 412 g/mol. The second-order valence-electron chi connectivity index (χ2n) is 6.43. The number of carboxylic acid groups (broad SMARTS) is 2. The van der Waals surface area contributed by atoms with Crippen molar-refractivity contribution in [1.29, 1.82) is 0 Å². The minimum absolute atomic E-state index is 0. The number of nitrogens with one attached hydrogen (secondary N) is 2. The van der Waals surface area contributed by atoms with E-state index in [1.54, 1.807) is 24.3 Å². The Kier molecular flexibility index (Phi) is 7.31. The summed E-state index contributed by atoms with van der Waals surface area (Å²) >= 11 is 0. The van der Waals surface area contributed by atoms with Crippen LogP contribution in [0.25, 0.3) is 0 Å². The van der Waals surface area contributed by atoms with Gasteiger partial charge in [-0.05, 0) is 48.3 Å². The maximum Gasteiger partial charge on any atom is 0.351 e. The minimum atomic E-state index is -1.04. The summed E-state index contributed by atoms with van der Waals surface area (Å²) in [6, 6.07) is -0.952. The Hall–Kier alpha value is -2.97. The second-order valence-corrected chi connectivity index (χ2v) is 6.43. The van der Waals surface area contributed by atoms with E-state index in [0.717, 1.165) is 11.1 Å². The first-order valence-corrected chi connectivity index (χ1v) is 8.58. The third-order valence-corrected chi connectivity index (χ3v) is 4.57.